The normalized spacial score (nSPS) is 12.2. The number of nitrogens with zero attached hydrogens (tertiary/aromatic N) is 4. The molecule has 0 saturated carbocycles. The van der Waals surface area contributed by atoms with Gasteiger partial charge >= 0.3 is 0 Å². The van der Waals surface area contributed by atoms with Crippen LogP contribution in [0.2, 0.25) is 0 Å². The highest BCUT2D eigenvalue weighted by atomic mass is 32.2. The van der Waals surface area contributed by atoms with Crippen LogP contribution in [0.25, 0.3) is 0 Å². The van der Waals surface area contributed by atoms with Crippen molar-refractivity contribution in [3.63, 3.8) is 0 Å². The standard InChI is InChI=1S/C12H24N6S/c1-5-18(6-2)12-16-10(13)15-11(17-12)14-7-9(3)8-19-4/h9H,5-8H2,1-4H3,(H3,13,14,15,16,17). The quantitative estimate of drug-likeness (QED) is 0.752. The number of anilines is 3. The predicted molar refractivity (Wildman–Crippen MR) is 83.8 cm³/mol. The fraction of sp³-hybridized carbons (Fsp3) is 0.750. The third-order valence-corrected chi connectivity index (χ3v) is 3.65. The smallest absolute Gasteiger partial charge is 0.231 e. The second kappa shape index (κ2) is 8.04. The molecule has 6 nitrogen and oxygen atoms in total. The first-order valence-corrected chi connectivity index (χ1v) is 7.99. The number of thioether (sulfide) groups is 1. The average Bonchev–Trinajstić information content (AvgIpc) is 2.38. The Kier molecular flexibility index (Phi) is 6.69. The van der Waals surface area contributed by atoms with Gasteiger partial charge in [-0.3, -0.25) is 0 Å². The number of nitrogen functional groups attached to an aromatic ring is 1. The van der Waals surface area contributed by atoms with Crippen molar-refractivity contribution in [2.45, 2.75) is 20.8 Å². The second-order valence-electron chi connectivity index (χ2n) is 4.43. The first-order valence-electron chi connectivity index (χ1n) is 6.59. The molecule has 0 fully saturated rings. The Hall–Kier alpha value is -1.24. The topological polar surface area (TPSA) is 80.0 Å². The molecule has 1 aromatic rings. The molecule has 0 saturated heterocycles. The third kappa shape index (κ3) is 5.10. The van der Waals surface area contributed by atoms with Crippen LogP contribution in [0.1, 0.15) is 20.8 Å². The summed E-state index contributed by atoms with van der Waals surface area (Å²) >= 11 is 1.84. The average molecular weight is 284 g/mol. The molecule has 108 valence electrons. The fourth-order valence-corrected chi connectivity index (χ4v) is 2.40. The molecule has 0 aromatic carbocycles. The summed E-state index contributed by atoms with van der Waals surface area (Å²) in [5.41, 5.74) is 5.74. The van der Waals surface area contributed by atoms with Crippen LogP contribution in [0.3, 0.4) is 0 Å². The monoisotopic (exact) mass is 284 g/mol. The maximum atomic E-state index is 5.74. The highest BCUT2D eigenvalue weighted by molar-refractivity contribution is 7.98. The molecule has 1 aromatic heterocycles. The van der Waals surface area contributed by atoms with Crippen LogP contribution in [0, 0.1) is 5.92 Å². The largest absolute Gasteiger partial charge is 0.368 e. The van der Waals surface area contributed by atoms with E-state index in [-0.39, 0.29) is 5.95 Å². The van der Waals surface area contributed by atoms with Gasteiger partial charge in [-0.15, -0.1) is 0 Å². The minimum Gasteiger partial charge on any atom is -0.368 e. The van der Waals surface area contributed by atoms with Gasteiger partial charge in [0.05, 0.1) is 0 Å². The summed E-state index contributed by atoms with van der Waals surface area (Å²) in [5, 5.41) is 3.23. The highest BCUT2D eigenvalue weighted by Gasteiger charge is 2.10. The van der Waals surface area contributed by atoms with Crippen molar-refractivity contribution in [3.8, 4) is 0 Å². The van der Waals surface area contributed by atoms with Crippen LogP contribution in [0.5, 0.6) is 0 Å². The minimum absolute atomic E-state index is 0.261. The number of rotatable bonds is 8. The van der Waals surface area contributed by atoms with Gasteiger partial charge in [0.2, 0.25) is 17.8 Å². The van der Waals surface area contributed by atoms with E-state index in [0.717, 1.165) is 25.4 Å². The van der Waals surface area contributed by atoms with Crippen LogP contribution < -0.4 is 16.0 Å². The maximum absolute atomic E-state index is 5.74. The Morgan fingerprint density at radius 2 is 1.95 bits per heavy atom. The predicted octanol–water partition coefficient (Wildman–Crippen LogP) is 1.71. The molecule has 1 rings (SSSR count). The van der Waals surface area contributed by atoms with E-state index in [0.29, 0.717) is 17.8 Å². The van der Waals surface area contributed by atoms with E-state index in [9.17, 15) is 0 Å². The van der Waals surface area contributed by atoms with E-state index in [1.807, 2.05) is 11.8 Å². The van der Waals surface area contributed by atoms with Crippen molar-refractivity contribution < 1.29 is 0 Å². The lowest BCUT2D eigenvalue weighted by molar-refractivity contribution is 0.695. The Balaban J connectivity index is 2.73. The zero-order valence-corrected chi connectivity index (χ0v) is 13.0. The molecular formula is C12H24N6S. The molecule has 0 spiro atoms. The molecule has 0 radical (unpaired) electrons. The van der Waals surface area contributed by atoms with Gasteiger partial charge in [-0.1, -0.05) is 6.92 Å². The number of hydrogen-bond donors (Lipinski definition) is 2. The molecule has 1 heterocycles. The number of aromatic nitrogens is 3. The van der Waals surface area contributed by atoms with Gasteiger partial charge in [-0.25, -0.2) is 0 Å². The van der Waals surface area contributed by atoms with Gasteiger partial charge in [0.15, 0.2) is 0 Å². The fourth-order valence-electron chi connectivity index (χ4n) is 1.72. The van der Waals surface area contributed by atoms with Crippen molar-refractivity contribution >= 4 is 29.6 Å². The van der Waals surface area contributed by atoms with Gasteiger partial charge < -0.3 is 16.0 Å². The molecule has 3 N–H and O–H groups in total. The Morgan fingerprint density at radius 3 is 2.53 bits per heavy atom. The molecule has 19 heavy (non-hydrogen) atoms. The van der Waals surface area contributed by atoms with Crippen LogP contribution >= 0.6 is 11.8 Å². The number of nitrogens with one attached hydrogen (secondary N) is 1. The van der Waals surface area contributed by atoms with E-state index in [2.05, 4.69) is 52.2 Å². The summed E-state index contributed by atoms with van der Waals surface area (Å²) in [4.78, 5) is 14.8. The summed E-state index contributed by atoms with van der Waals surface area (Å²) in [6.07, 6.45) is 2.11. The summed E-state index contributed by atoms with van der Waals surface area (Å²) in [5.74, 6) is 3.12. The van der Waals surface area contributed by atoms with E-state index in [1.165, 1.54) is 0 Å². The van der Waals surface area contributed by atoms with Crippen LogP contribution in [0.4, 0.5) is 17.8 Å². The molecule has 0 amide bonds. The number of nitrogens with two attached hydrogens (primary N) is 1. The van der Waals surface area contributed by atoms with Crippen molar-refractivity contribution in [2.24, 2.45) is 5.92 Å². The van der Waals surface area contributed by atoms with Crippen molar-refractivity contribution in [1.82, 2.24) is 15.0 Å². The van der Waals surface area contributed by atoms with Gasteiger partial charge in [-0.2, -0.15) is 26.7 Å². The zero-order valence-electron chi connectivity index (χ0n) is 12.2. The molecule has 1 atom stereocenters. The van der Waals surface area contributed by atoms with E-state index in [4.69, 9.17) is 5.73 Å². The first kappa shape index (κ1) is 15.8. The lowest BCUT2D eigenvalue weighted by Gasteiger charge is -2.19. The van der Waals surface area contributed by atoms with Gasteiger partial charge in [-0.05, 0) is 31.8 Å². The van der Waals surface area contributed by atoms with Gasteiger partial charge in [0.25, 0.3) is 0 Å². The molecule has 0 aliphatic rings. The van der Waals surface area contributed by atoms with E-state index < -0.39 is 0 Å². The molecule has 7 heteroatoms. The second-order valence-corrected chi connectivity index (χ2v) is 5.34. The zero-order chi connectivity index (χ0) is 14.3. The molecule has 0 bridgehead atoms. The van der Waals surface area contributed by atoms with Gasteiger partial charge in [0, 0.05) is 19.6 Å². The Morgan fingerprint density at radius 1 is 1.26 bits per heavy atom. The third-order valence-electron chi connectivity index (χ3n) is 2.75. The van der Waals surface area contributed by atoms with Crippen LogP contribution in [0.15, 0.2) is 0 Å². The van der Waals surface area contributed by atoms with Crippen LogP contribution in [-0.4, -0.2) is 46.6 Å². The molecular weight excluding hydrogens is 260 g/mol. The Labute approximate surface area is 119 Å². The molecule has 1 unspecified atom stereocenters. The maximum Gasteiger partial charge on any atom is 0.231 e. The first-order chi connectivity index (χ1) is 9.10. The van der Waals surface area contributed by atoms with E-state index >= 15 is 0 Å². The lowest BCUT2D eigenvalue weighted by Crippen LogP contribution is -2.26. The molecule has 0 aliphatic heterocycles. The molecule has 0 aliphatic carbocycles. The van der Waals surface area contributed by atoms with E-state index in [1.54, 1.807) is 0 Å². The number of hydrogen-bond acceptors (Lipinski definition) is 7. The SMILES string of the molecule is CCN(CC)c1nc(N)nc(NCC(C)CSC)n1. The van der Waals surface area contributed by atoms with Gasteiger partial charge in [0.1, 0.15) is 0 Å². The Bertz CT molecular complexity index is 382. The summed E-state index contributed by atoms with van der Waals surface area (Å²) < 4.78 is 0. The summed E-state index contributed by atoms with van der Waals surface area (Å²) in [7, 11) is 0. The lowest BCUT2D eigenvalue weighted by atomic mass is 10.2. The highest BCUT2D eigenvalue weighted by Crippen LogP contribution is 2.12. The summed E-state index contributed by atoms with van der Waals surface area (Å²) in [6.45, 7) is 8.86. The van der Waals surface area contributed by atoms with Crippen LogP contribution in [-0.2, 0) is 0 Å². The summed E-state index contributed by atoms with van der Waals surface area (Å²) in [6, 6.07) is 0. The van der Waals surface area contributed by atoms with Crippen molar-refractivity contribution in [1.29, 1.82) is 0 Å². The minimum atomic E-state index is 0.261. The van der Waals surface area contributed by atoms with Crippen molar-refractivity contribution in [2.75, 3.05) is 47.6 Å². The van der Waals surface area contributed by atoms with Crippen molar-refractivity contribution in [3.05, 3.63) is 0 Å².